The average molecular weight is 349 g/mol. The maximum absolute atomic E-state index is 5.42. The lowest BCUT2D eigenvalue weighted by molar-refractivity contribution is 0.242. The van der Waals surface area contributed by atoms with Gasteiger partial charge in [-0.2, -0.15) is 14.6 Å². The largest absolute Gasteiger partial charge is 0.356 e. The van der Waals surface area contributed by atoms with E-state index < -0.39 is 0 Å². The van der Waals surface area contributed by atoms with Crippen molar-refractivity contribution in [2.24, 2.45) is 0 Å². The molecular weight excluding hydrogens is 330 g/mol. The van der Waals surface area contributed by atoms with Crippen molar-refractivity contribution < 1.29 is 4.52 Å². The summed E-state index contributed by atoms with van der Waals surface area (Å²) < 4.78 is 7.23. The monoisotopic (exact) mass is 349 g/mol. The molecule has 132 valence electrons. The third-order valence-corrected chi connectivity index (χ3v) is 4.88. The first kappa shape index (κ1) is 15.3. The molecule has 1 fully saturated rings. The van der Waals surface area contributed by atoms with E-state index in [2.05, 4.69) is 42.2 Å². The number of anilines is 1. The smallest absolute Gasteiger partial charge is 0.254 e. The first-order chi connectivity index (χ1) is 12.8. The van der Waals surface area contributed by atoms with Gasteiger partial charge in [-0.15, -0.1) is 0 Å². The molecule has 0 atom stereocenters. The Morgan fingerprint density at radius 3 is 2.85 bits per heavy atom. The zero-order valence-electron chi connectivity index (χ0n) is 14.5. The average Bonchev–Trinajstić information content (AvgIpc) is 3.29. The SMILES string of the molecule is Cc1cc(N2CCN(Cc3noc4ccccc34)CC2)n2ncnc2n1. The number of hydrogen-bond acceptors (Lipinski definition) is 7. The van der Waals surface area contributed by atoms with Crippen LogP contribution in [0.2, 0.25) is 0 Å². The third-order valence-electron chi connectivity index (χ3n) is 4.88. The van der Waals surface area contributed by atoms with Crippen molar-refractivity contribution >= 4 is 22.6 Å². The minimum absolute atomic E-state index is 0.650. The van der Waals surface area contributed by atoms with Crippen LogP contribution >= 0.6 is 0 Å². The minimum Gasteiger partial charge on any atom is -0.356 e. The van der Waals surface area contributed by atoms with Crippen LogP contribution in [0, 0.1) is 6.92 Å². The molecule has 0 N–H and O–H groups in total. The van der Waals surface area contributed by atoms with Gasteiger partial charge in [0.05, 0.1) is 0 Å². The van der Waals surface area contributed by atoms with E-state index in [0.29, 0.717) is 5.78 Å². The Hall–Kier alpha value is -3.00. The number of nitrogens with zero attached hydrogens (tertiary/aromatic N) is 7. The molecule has 8 heteroatoms. The highest BCUT2D eigenvalue weighted by Crippen LogP contribution is 2.21. The maximum atomic E-state index is 5.42. The molecule has 0 aliphatic carbocycles. The van der Waals surface area contributed by atoms with Crippen LogP contribution in [0.25, 0.3) is 16.7 Å². The summed E-state index contributed by atoms with van der Waals surface area (Å²) in [6.07, 6.45) is 1.55. The Morgan fingerprint density at radius 2 is 1.96 bits per heavy atom. The number of fused-ring (bicyclic) bond motifs is 2. The Bertz CT molecular complexity index is 1060. The lowest BCUT2D eigenvalue weighted by Gasteiger charge is -2.35. The van der Waals surface area contributed by atoms with Crippen LogP contribution in [0.4, 0.5) is 5.82 Å². The Morgan fingerprint density at radius 1 is 1.12 bits per heavy atom. The van der Waals surface area contributed by atoms with Crippen LogP contribution in [0.1, 0.15) is 11.4 Å². The summed E-state index contributed by atoms with van der Waals surface area (Å²) in [5.41, 5.74) is 2.81. The Balaban J connectivity index is 1.32. The zero-order valence-corrected chi connectivity index (χ0v) is 14.5. The summed E-state index contributed by atoms with van der Waals surface area (Å²) in [5, 5.41) is 9.67. The molecule has 1 aliphatic heterocycles. The van der Waals surface area contributed by atoms with Crippen LogP contribution < -0.4 is 4.90 Å². The molecule has 4 aromatic rings. The van der Waals surface area contributed by atoms with Crippen LogP contribution in [0.15, 0.2) is 41.2 Å². The molecule has 1 aromatic carbocycles. The zero-order chi connectivity index (χ0) is 17.5. The molecule has 26 heavy (non-hydrogen) atoms. The fraction of sp³-hybridized carbons (Fsp3) is 0.333. The molecule has 0 spiro atoms. The van der Waals surface area contributed by atoms with E-state index in [-0.39, 0.29) is 0 Å². The van der Waals surface area contributed by atoms with Crippen molar-refractivity contribution in [2.45, 2.75) is 13.5 Å². The molecule has 5 rings (SSSR count). The van der Waals surface area contributed by atoms with Gasteiger partial charge in [0.15, 0.2) is 5.58 Å². The topological polar surface area (TPSA) is 75.6 Å². The van der Waals surface area contributed by atoms with Crippen LogP contribution in [-0.2, 0) is 6.54 Å². The molecule has 0 saturated carbocycles. The number of hydrogen-bond donors (Lipinski definition) is 0. The molecule has 8 nitrogen and oxygen atoms in total. The van der Waals surface area contributed by atoms with Crippen molar-refractivity contribution in [3.8, 4) is 0 Å². The molecular formula is C18H19N7O. The van der Waals surface area contributed by atoms with Crippen LogP contribution in [-0.4, -0.2) is 55.8 Å². The lowest BCUT2D eigenvalue weighted by atomic mass is 10.2. The van der Waals surface area contributed by atoms with Gasteiger partial charge in [0, 0.05) is 49.9 Å². The maximum Gasteiger partial charge on any atom is 0.254 e. The second kappa shape index (κ2) is 6.06. The number of benzene rings is 1. The highest BCUT2D eigenvalue weighted by molar-refractivity contribution is 5.79. The summed E-state index contributed by atoms with van der Waals surface area (Å²) in [4.78, 5) is 13.4. The van der Waals surface area contributed by atoms with E-state index in [9.17, 15) is 0 Å². The van der Waals surface area contributed by atoms with Crippen molar-refractivity contribution in [3.05, 3.63) is 48.0 Å². The summed E-state index contributed by atoms with van der Waals surface area (Å²) in [5.74, 6) is 1.70. The Kier molecular flexibility index (Phi) is 3.56. The predicted molar refractivity (Wildman–Crippen MR) is 97.0 cm³/mol. The molecule has 1 aliphatic rings. The van der Waals surface area contributed by atoms with Gasteiger partial charge in [0.25, 0.3) is 5.78 Å². The van der Waals surface area contributed by atoms with Gasteiger partial charge in [-0.25, -0.2) is 4.98 Å². The number of para-hydroxylation sites is 1. The standard InChI is InChI=1S/C18H19N7O/c1-13-10-17(25-18(21-13)19-12-20-25)24-8-6-23(7-9-24)11-15-14-4-2-3-5-16(14)26-22-15/h2-5,10,12H,6-9,11H2,1H3. The van der Waals surface area contributed by atoms with E-state index in [1.54, 1.807) is 6.33 Å². The lowest BCUT2D eigenvalue weighted by Crippen LogP contribution is -2.46. The highest BCUT2D eigenvalue weighted by atomic mass is 16.5. The van der Waals surface area contributed by atoms with Gasteiger partial charge >= 0.3 is 0 Å². The molecule has 3 aromatic heterocycles. The molecule has 4 heterocycles. The quantitative estimate of drug-likeness (QED) is 0.559. The molecule has 0 unspecified atom stereocenters. The second-order valence-corrected chi connectivity index (χ2v) is 6.62. The Labute approximate surface area is 150 Å². The second-order valence-electron chi connectivity index (χ2n) is 6.62. The van der Waals surface area contributed by atoms with E-state index in [1.807, 2.05) is 29.6 Å². The van der Waals surface area contributed by atoms with E-state index >= 15 is 0 Å². The number of aromatic nitrogens is 5. The highest BCUT2D eigenvalue weighted by Gasteiger charge is 2.21. The van der Waals surface area contributed by atoms with Gasteiger partial charge in [0.2, 0.25) is 0 Å². The normalized spacial score (nSPS) is 16.0. The first-order valence-corrected chi connectivity index (χ1v) is 8.76. The first-order valence-electron chi connectivity index (χ1n) is 8.76. The molecule has 0 radical (unpaired) electrons. The van der Waals surface area contributed by atoms with Crippen molar-refractivity contribution in [3.63, 3.8) is 0 Å². The molecule has 0 amide bonds. The van der Waals surface area contributed by atoms with E-state index in [1.165, 1.54) is 0 Å². The van der Waals surface area contributed by atoms with Gasteiger partial charge in [-0.1, -0.05) is 17.3 Å². The minimum atomic E-state index is 0.650. The van der Waals surface area contributed by atoms with Gasteiger partial charge in [-0.3, -0.25) is 4.90 Å². The van der Waals surface area contributed by atoms with E-state index in [4.69, 9.17) is 4.52 Å². The van der Waals surface area contributed by atoms with Gasteiger partial charge in [-0.05, 0) is 19.1 Å². The number of aryl methyl sites for hydroxylation is 1. The van der Waals surface area contributed by atoms with Crippen molar-refractivity contribution in [1.82, 2.24) is 29.6 Å². The number of rotatable bonds is 3. The fourth-order valence-electron chi connectivity index (χ4n) is 3.54. The third kappa shape index (κ3) is 2.59. The summed E-state index contributed by atoms with van der Waals surface area (Å²) in [7, 11) is 0. The fourth-order valence-corrected chi connectivity index (χ4v) is 3.54. The van der Waals surface area contributed by atoms with Crippen LogP contribution in [0.3, 0.4) is 0 Å². The number of piperazine rings is 1. The van der Waals surface area contributed by atoms with Gasteiger partial charge < -0.3 is 9.42 Å². The molecule has 0 bridgehead atoms. The molecule has 1 saturated heterocycles. The van der Waals surface area contributed by atoms with E-state index in [0.717, 1.165) is 60.9 Å². The summed E-state index contributed by atoms with van der Waals surface area (Å²) in [6.45, 7) is 6.56. The van der Waals surface area contributed by atoms with Crippen molar-refractivity contribution in [1.29, 1.82) is 0 Å². The summed E-state index contributed by atoms with van der Waals surface area (Å²) >= 11 is 0. The predicted octanol–water partition coefficient (Wildman–Crippen LogP) is 1.90. The van der Waals surface area contributed by atoms with Gasteiger partial charge in [0.1, 0.15) is 17.8 Å². The van der Waals surface area contributed by atoms with Crippen LogP contribution in [0.5, 0.6) is 0 Å². The summed E-state index contributed by atoms with van der Waals surface area (Å²) in [6, 6.07) is 10.1. The van der Waals surface area contributed by atoms with Crippen molar-refractivity contribution in [2.75, 3.05) is 31.1 Å².